The van der Waals surface area contributed by atoms with Crippen molar-refractivity contribution in [3.05, 3.63) is 57.7 Å². The Morgan fingerprint density at radius 2 is 1.97 bits per heavy atom. The van der Waals surface area contributed by atoms with Gasteiger partial charge in [0.15, 0.2) is 5.84 Å². The lowest BCUT2D eigenvalue weighted by Crippen LogP contribution is -2.52. The molecule has 1 saturated carbocycles. The Kier molecular flexibility index (Phi) is 6.82. The first-order chi connectivity index (χ1) is 17.9. The average molecular weight is 587 g/mol. The van der Waals surface area contributed by atoms with E-state index in [0.717, 1.165) is 42.6 Å². The van der Waals surface area contributed by atoms with Crippen LogP contribution in [0.2, 0.25) is 0 Å². The molecular formula is C23H24F2N4O6S3. The molecule has 204 valence electrons. The second-order valence-corrected chi connectivity index (χ2v) is 13.7. The van der Waals surface area contributed by atoms with Gasteiger partial charge in [-0.1, -0.05) is 18.9 Å². The number of aliphatic hydroxyl groups is 1. The molecule has 2 aliphatic heterocycles. The minimum absolute atomic E-state index is 0.0829. The highest BCUT2D eigenvalue weighted by Crippen LogP contribution is 2.42. The lowest BCUT2D eigenvalue weighted by molar-refractivity contribution is -0.133. The first kappa shape index (κ1) is 26.7. The van der Waals surface area contributed by atoms with Gasteiger partial charge >= 0.3 is 0 Å². The number of hydrogen-bond acceptors (Lipinski definition) is 8. The lowest BCUT2D eigenvalue weighted by Gasteiger charge is -2.44. The number of amidine groups is 1. The van der Waals surface area contributed by atoms with E-state index in [0.29, 0.717) is 12.8 Å². The largest absolute Gasteiger partial charge is 0.511 e. The summed E-state index contributed by atoms with van der Waals surface area (Å²) in [5, 5.41) is 15.6. The Morgan fingerprint density at radius 3 is 2.68 bits per heavy atom. The molecule has 10 nitrogen and oxygen atoms in total. The van der Waals surface area contributed by atoms with Crippen LogP contribution in [0.15, 0.2) is 44.2 Å². The summed E-state index contributed by atoms with van der Waals surface area (Å²) in [5.41, 5.74) is -0.0618. The summed E-state index contributed by atoms with van der Waals surface area (Å²) in [6.07, 6.45) is 3.59. The molecule has 2 atom stereocenters. The van der Waals surface area contributed by atoms with E-state index in [2.05, 4.69) is 14.4 Å². The molecule has 0 bridgehead atoms. The van der Waals surface area contributed by atoms with E-state index in [4.69, 9.17) is 0 Å². The summed E-state index contributed by atoms with van der Waals surface area (Å²) >= 11 is 0.984. The number of amides is 1. The van der Waals surface area contributed by atoms with Gasteiger partial charge in [0.2, 0.25) is 10.0 Å². The van der Waals surface area contributed by atoms with Gasteiger partial charge < -0.3 is 15.3 Å². The van der Waals surface area contributed by atoms with Crippen molar-refractivity contribution in [1.82, 2.24) is 9.62 Å². The molecule has 2 aromatic rings. The van der Waals surface area contributed by atoms with Crippen LogP contribution in [0.1, 0.15) is 36.8 Å². The maximum absolute atomic E-state index is 14.5. The number of carbonyl (C=O) groups excluding carboxylic acids is 1. The zero-order valence-electron chi connectivity index (χ0n) is 20.1. The van der Waals surface area contributed by atoms with Crippen LogP contribution in [-0.2, 0) is 37.9 Å². The number of nitrogens with one attached hydrogen (secondary N) is 2. The molecule has 15 heteroatoms. The van der Waals surface area contributed by atoms with E-state index >= 15 is 0 Å². The number of thiophene rings is 1. The Morgan fingerprint density at radius 1 is 1.24 bits per heavy atom. The second kappa shape index (κ2) is 9.70. The molecule has 0 saturated heterocycles. The highest BCUT2D eigenvalue weighted by Gasteiger charge is 2.46. The van der Waals surface area contributed by atoms with E-state index in [1.807, 2.05) is 0 Å². The van der Waals surface area contributed by atoms with Crippen LogP contribution in [0.4, 0.5) is 13.8 Å². The molecular weight excluding hydrogens is 562 g/mol. The first-order valence-corrected chi connectivity index (χ1v) is 15.9. The minimum atomic E-state index is -4.38. The van der Waals surface area contributed by atoms with Crippen molar-refractivity contribution in [3.63, 3.8) is 0 Å². The fourth-order valence-corrected chi connectivity index (χ4v) is 8.15. The fraction of sp³-hybridized carbons (Fsp3) is 0.391. The summed E-state index contributed by atoms with van der Waals surface area (Å²) in [6, 6.07) is 2.62. The summed E-state index contributed by atoms with van der Waals surface area (Å²) in [4.78, 5) is 14.9. The smallest absolute Gasteiger partial charge is 0.287 e. The van der Waals surface area contributed by atoms with Crippen molar-refractivity contribution in [2.24, 2.45) is 10.3 Å². The zero-order chi connectivity index (χ0) is 27.4. The van der Waals surface area contributed by atoms with E-state index in [1.165, 1.54) is 16.3 Å². The summed E-state index contributed by atoms with van der Waals surface area (Å²) < 4.78 is 83.3. The van der Waals surface area contributed by atoms with Crippen LogP contribution >= 0.6 is 11.3 Å². The molecule has 1 aromatic heterocycles. The van der Waals surface area contributed by atoms with Crippen LogP contribution in [0.3, 0.4) is 0 Å². The van der Waals surface area contributed by atoms with Gasteiger partial charge in [-0.15, -0.1) is 15.7 Å². The highest BCUT2D eigenvalue weighted by molar-refractivity contribution is 7.91. The van der Waals surface area contributed by atoms with E-state index in [1.54, 1.807) is 0 Å². The molecule has 1 fully saturated rings. The van der Waals surface area contributed by atoms with Crippen LogP contribution in [0.25, 0.3) is 0 Å². The number of carbonyl (C=O) groups is 1. The molecule has 1 aromatic carbocycles. The number of rotatable bonds is 6. The second-order valence-electron chi connectivity index (χ2n) is 9.44. The summed E-state index contributed by atoms with van der Waals surface area (Å²) in [6.45, 7) is -0.474. The number of fused-ring (bicyclic) bond motifs is 2. The SMILES string of the molecule is CS(=O)(=O)NCc1csc2c1S(=O)(=O)N=C(C1=C(O)C3CCCCC3N(Cc3ccc(F)cc3F)C1=O)N2. The third-order valence-corrected chi connectivity index (χ3v) is 9.99. The minimum Gasteiger partial charge on any atom is -0.511 e. The van der Waals surface area contributed by atoms with Gasteiger partial charge in [-0.05, 0) is 24.3 Å². The van der Waals surface area contributed by atoms with Gasteiger partial charge in [0.05, 0.1) is 6.26 Å². The molecule has 3 aliphatic rings. The number of hydrogen-bond donors (Lipinski definition) is 3. The van der Waals surface area contributed by atoms with Gasteiger partial charge in [-0.25, -0.2) is 21.9 Å². The average Bonchev–Trinajstić information content (AvgIpc) is 3.25. The Labute approximate surface area is 222 Å². The van der Waals surface area contributed by atoms with Gasteiger partial charge in [-0.2, -0.15) is 8.42 Å². The maximum atomic E-state index is 14.5. The van der Waals surface area contributed by atoms with Crippen molar-refractivity contribution in [3.8, 4) is 0 Å². The third kappa shape index (κ3) is 4.95. The molecule has 5 rings (SSSR count). The van der Waals surface area contributed by atoms with E-state index < -0.39 is 49.5 Å². The third-order valence-electron chi connectivity index (χ3n) is 6.85. The number of nitrogens with zero attached hydrogens (tertiary/aromatic N) is 2. The van der Waals surface area contributed by atoms with E-state index in [9.17, 15) is 35.5 Å². The number of halogens is 2. The topological polar surface area (TPSA) is 145 Å². The lowest BCUT2D eigenvalue weighted by atomic mass is 9.78. The maximum Gasteiger partial charge on any atom is 0.287 e. The molecule has 1 aliphatic carbocycles. The zero-order valence-corrected chi connectivity index (χ0v) is 22.5. The Bertz CT molecular complexity index is 1600. The summed E-state index contributed by atoms with van der Waals surface area (Å²) in [5.74, 6) is -3.45. The molecule has 3 N–H and O–H groups in total. The van der Waals surface area contributed by atoms with Crippen molar-refractivity contribution in [2.75, 3.05) is 11.6 Å². The standard InChI is InChI=1S/C23H24F2N4O6S3/c1-37(32,33)26-9-13-11-36-22-20(13)38(34,35)28-21(27-22)18-19(30)15-4-2-3-5-17(15)29(23(18)31)10-12-6-7-14(24)8-16(12)25/h6-8,11,15,17,26,30H,2-5,9-10H2,1H3,(H,27,28). The molecule has 1 amide bonds. The van der Waals surface area contributed by atoms with Crippen molar-refractivity contribution in [1.29, 1.82) is 0 Å². The Hall–Kier alpha value is -2.88. The molecule has 2 unspecified atom stereocenters. The van der Waals surface area contributed by atoms with Gasteiger partial charge in [0.1, 0.15) is 32.9 Å². The fourth-order valence-electron chi connectivity index (χ4n) is 5.12. The number of sulfonamides is 2. The molecule has 3 heterocycles. The van der Waals surface area contributed by atoms with Gasteiger partial charge in [-0.3, -0.25) is 4.79 Å². The van der Waals surface area contributed by atoms with Crippen molar-refractivity contribution < 1.29 is 35.5 Å². The van der Waals surface area contributed by atoms with Crippen LogP contribution in [0, 0.1) is 17.6 Å². The molecule has 38 heavy (non-hydrogen) atoms. The van der Waals surface area contributed by atoms with Crippen LogP contribution < -0.4 is 10.0 Å². The van der Waals surface area contributed by atoms with Crippen molar-refractivity contribution in [2.45, 2.75) is 49.7 Å². The quantitative estimate of drug-likeness (QED) is 0.472. The summed E-state index contributed by atoms with van der Waals surface area (Å²) in [7, 11) is -7.97. The number of benzene rings is 1. The Balaban J connectivity index is 1.53. The van der Waals surface area contributed by atoms with E-state index in [-0.39, 0.29) is 51.3 Å². The van der Waals surface area contributed by atoms with Crippen molar-refractivity contribution >= 4 is 48.1 Å². The van der Waals surface area contributed by atoms with Gasteiger partial charge in [0, 0.05) is 42.2 Å². The van der Waals surface area contributed by atoms with Crippen LogP contribution in [0.5, 0.6) is 0 Å². The van der Waals surface area contributed by atoms with Gasteiger partial charge in [0.25, 0.3) is 15.9 Å². The molecule has 0 spiro atoms. The highest BCUT2D eigenvalue weighted by atomic mass is 32.2. The normalized spacial score (nSPS) is 23.0. The monoisotopic (exact) mass is 586 g/mol. The molecule has 0 radical (unpaired) electrons. The first-order valence-electron chi connectivity index (χ1n) is 11.7. The number of anilines is 1. The predicted molar refractivity (Wildman–Crippen MR) is 137 cm³/mol. The van der Waals surface area contributed by atoms with Crippen LogP contribution in [-0.4, -0.2) is 50.9 Å². The number of aliphatic hydroxyl groups excluding tert-OH is 1. The predicted octanol–water partition coefficient (Wildman–Crippen LogP) is 3.00.